The summed E-state index contributed by atoms with van der Waals surface area (Å²) in [6.07, 6.45) is 7.49. The van der Waals surface area contributed by atoms with Gasteiger partial charge in [-0.25, -0.2) is 4.57 Å². The van der Waals surface area contributed by atoms with E-state index in [1.54, 1.807) is 0 Å². The molecule has 0 spiro atoms. The maximum absolute atomic E-state index is 8.46. The smallest absolute Gasteiger partial charge is 0.343 e. The minimum atomic E-state index is -0.833. The molecule has 0 aliphatic heterocycles. The Balaban J connectivity index is -0.0000000767. The van der Waals surface area contributed by atoms with Gasteiger partial charge in [-0.05, 0) is 0 Å². The van der Waals surface area contributed by atoms with Gasteiger partial charge < -0.3 is 18.7 Å². The van der Waals surface area contributed by atoms with Gasteiger partial charge in [0.05, 0.1) is 0 Å². The second-order valence-corrected chi connectivity index (χ2v) is 3.52. The average molecular weight is 379 g/mol. The first-order valence-corrected chi connectivity index (χ1v) is 6.49. The van der Waals surface area contributed by atoms with Crippen LogP contribution in [0, 0.1) is 60.6 Å². The fourth-order valence-electron chi connectivity index (χ4n) is 0.697. The third-order valence-corrected chi connectivity index (χ3v) is 1.90. The molecule has 0 fully saturated rings. The van der Waals surface area contributed by atoms with Gasteiger partial charge in [-0.3, -0.25) is 0 Å². The fourth-order valence-corrected chi connectivity index (χ4v) is 0.697. The number of unbranched alkanes of at least 4 members (excludes halogenated alkanes) is 2. The molecule has 0 bridgehead atoms. The normalized spacial score (nSPS) is 10.1. The SMILES string of the molecule is O=PO.[CH2-]C(CC)CCCC.[CH2-]CCC.[Nd+3]. The Hall–Kier alpha value is 1.41. The first-order valence-electron chi connectivity index (χ1n) is 5.73. The van der Waals surface area contributed by atoms with Gasteiger partial charge in [-0.15, -0.1) is 0 Å². The summed E-state index contributed by atoms with van der Waals surface area (Å²) >= 11 is 0. The average Bonchev–Trinajstić information content (AvgIpc) is 2.27. The summed E-state index contributed by atoms with van der Waals surface area (Å²) in [6, 6.07) is 0. The van der Waals surface area contributed by atoms with Crippen molar-refractivity contribution in [2.24, 2.45) is 5.92 Å². The third kappa shape index (κ3) is 45.2. The third-order valence-electron chi connectivity index (χ3n) is 1.90. The predicted molar refractivity (Wildman–Crippen MR) is 68.8 cm³/mol. The van der Waals surface area contributed by atoms with Gasteiger partial charge in [0.15, 0.2) is 0 Å². The summed E-state index contributed by atoms with van der Waals surface area (Å²) in [5, 5.41) is 0. The molecule has 0 saturated carbocycles. The van der Waals surface area contributed by atoms with Gasteiger partial charge in [0, 0.05) is 0 Å². The molecule has 0 aromatic heterocycles. The van der Waals surface area contributed by atoms with Crippen molar-refractivity contribution in [3.8, 4) is 0 Å². The standard InChI is InChI=1S/C8H17.C4H9.Nd.HO2P/c1-4-6-7-8(3)5-2;1-3-4-2;;1-3-2/h8H,3-7H2,1-2H3;1,3-4H2,2H3;;(H,1,2)/q2*-1;+3;. The Morgan fingerprint density at radius 1 is 1.25 bits per heavy atom. The minimum absolute atomic E-state index is 0. The summed E-state index contributed by atoms with van der Waals surface area (Å²) in [4.78, 5) is 6.99. The molecule has 2 nitrogen and oxygen atoms in total. The molecule has 95 valence electrons. The maximum Gasteiger partial charge on any atom is 3.00 e. The van der Waals surface area contributed by atoms with Crippen LogP contribution in [0.5, 0.6) is 0 Å². The van der Waals surface area contributed by atoms with E-state index in [2.05, 4.69) is 34.6 Å². The van der Waals surface area contributed by atoms with Crippen LogP contribution in [0.3, 0.4) is 0 Å². The molecular weight excluding hydrogens is 351 g/mol. The van der Waals surface area contributed by atoms with E-state index in [4.69, 9.17) is 9.46 Å². The molecule has 1 N–H and O–H groups in total. The molecule has 0 aliphatic rings. The monoisotopic (exact) mass is 376 g/mol. The molecule has 0 saturated heterocycles. The van der Waals surface area contributed by atoms with E-state index in [1.807, 2.05) is 0 Å². The number of hydrogen-bond acceptors (Lipinski definition) is 1. The zero-order valence-electron chi connectivity index (χ0n) is 11.0. The van der Waals surface area contributed by atoms with Gasteiger partial charge in [-0.1, -0.05) is 52.9 Å². The van der Waals surface area contributed by atoms with Crippen LogP contribution in [0.2, 0.25) is 0 Å². The summed E-state index contributed by atoms with van der Waals surface area (Å²) < 4.78 is 8.46. The van der Waals surface area contributed by atoms with E-state index >= 15 is 0 Å². The molecule has 0 aliphatic carbocycles. The van der Waals surface area contributed by atoms with Gasteiger partial charge in [0.1, 0.15) is 0 Å². The van der Waals surface area contributed by atoms with Crippen LogP contribution in [-0.2, 0) is 4.57 Å². The molecule has 1 radical (unpaired) electrons. The van der Waals surface area contributed by atoms with Crippen molar-refractivity contribution in [1.29, 1.82) is 0 Å². The van der Waals surface area contributed by atoms with E-state index in [0.29, 0.717) is 5.92 Å². The van der Waals surface area contributed by atoms with Crippen molar-refractivity contribution >= 4 is 8.69 Å². The zero-order valence-corrected chi connectivity index (χ0v) is 15.1. The van der Waals surface area contributed by atoms with Crippen LogP contribution in [0.15, 0.2) is 0 Å². The molecule has 0 amide bonds. The largest absolute Gasteiger partial charge is 3.00 e. The molecule has 0 heterocycles. The van der Waals surface area contributed by atoms with Crippen LogP contribution < -0.4 is 0 Å². The Morgan fingerprint density at radius 3 is 1.81 bits per heavy atom. The van der Waals surface area contributed by atoms with E-state index in [9.17, 15) is 0 Å². The van der Waals surface area contributed by atoms with Crippen molar-refractivity contribution in [2.45, 2.75) is 59.3 Å². The maximum atomic E-state index is 8.46. The van der Waals surface area contributed by atoms with Gasteiger partial charge in [0.2, 0.25) is 0 Å². The second-order valence-electron chi connectivity index (χ2n) is 3.35. The van der Waals surface area contributed by atoms with Crippen LogP contribution in [0.4, 0.5) is 0 Å². The van der Waals surface area contributed by atoms with Gasteiger partial charge in [0.25, 0.3) is 0 Å². The first-order chi connectivity index (χ1) is 7.14. The Morgan fingerprint density at radius 2 is 1.62 bits per heavy atom. The van der Waals surface area contributed by atoms with Crippen molar-refractivity contribution in [3.63, 3.8) is 0 Å². The second kappa shape index (κ2) is 29.9. The molecule has 4 heteroatoms. The first kappa shape index (κ1) is 26.1. The Bertz CT molecular complexity index is 101. The summed E-state index contributed by atoms with van der Waals surface area (Å²) in [6.45, 7) is 14.1. The predicted octanol–water partition coefficient (Wildman–Crippen LogP) is 4.84. The molecule has 1 unspecified atom stereocenters. The molecule has 0 aromatic rings. The van der Waals surface area contributed by atoms with Crippen LogP contribution in [-0.4, -0.2) is 4.89 Å². The molecule has 0 aromatic carbocycles. The molecular formula is C12H27NdO2P+. The fraction of sp³-hybridized carbons (Fsp3) is 0.833. The van der Waals surface area contributed by atoms with Gasteiger partial charge in [-0.2, -0.15) is 12.3 Å². The van der Waals surface area contributed by atoms with Crippen molar-refractivity contribution in [3.05, 3.63) is 13.8 Å². The summed E-state index contributed by atoms with van der Waals surface area (Å²) in [5.74, 6) is 0.704. The summed E-state index contributed by atoms with van der Waals surface area (Å²) in [5.41, 5.74) is 0. The van der Waals surface area contributed by atoms with Crippen LogP contribution in [0.1, 0.15) is 59.3 Å². The van der Waals surface area contributed by atoms with Crippen molar-refractivity contribution in [2.75, 3.05) is 0 Å². The van der Waals surface area contributed by atoms with Crippen molar-refractivity contribution in [1.82, 2.24) is 0 Å². The quantitative estimate of drug-likeness (QED) is 0.549. The van der Waals surface area contributed by atoms with E-state index in [0.717, 1.165) is 6.42 Å². The van der Waals surface area contributed by atoms with Crippen molar-refractivity contribution < 1.29 is 50.3 Å². The van der Waals surface area contributed by atoms with Crippen LogP contribution >= 0.6 is 8.69 Å². The molecule has 0 rings (SSSR count). The number of hydrogen-bond donors (Lipinski definition) is 1. The van der Waals surface area contributed by atoms with Gasteiger partial charge >= 0.3 is 49.5 Å². The zero-order chi connectivity index (χ0) is 12.5. The van der Waals surface area contributed by atoms with E-state index < -0.39 is 8.69 Å². The number of rotatable bonds is 5. The van der Waals surface area contributed by atoms with Crippen LogP contribution in [0.25, 0.3) is 0 Å². The summed E-state index contributed by atoms with van der Waals surface area (Å²) in [7, 11) is -0.833. The molecule has 1 atom stereocenters. The molecule has 16 heavy (non-hydrogen) atoms. The topological polar surface area (TPSA) is 37.3 Å². The Labute approximate surface area is 137 Å². The van der Waals surface area contributed by atoms with E-state index in [1.165, 1.54) is 32.1 Å². The minimum Gasteiger partial charge on any atom is -0.343 e. The Kier molecular flexibility index (Phi) is 48.8. The van der Waals surface area contributed by atoms with E-state index in [-0.39, 0.29) is 40.8 Å².